The highest BCUT2D eigenvalue weighted by atomic mass is 79.9. The summed E-state index contributed by atoms with van der Waals surface area (Å²) in [5, 5.41) is 4.76. The van der Waals surface area contributed by atoms with Gasteiger partial charge in [-0.1, -0.05) is 48.0 Å². The number of hydrogen-bond donors (Lipinski definition) is 2. The van der Waals surface area contributed by atoms with Gasteiger partial charge in [-0.05, 0) is 53.6 Å². The van der Waals surface area contributed by atoms with Crippen molar-refractivity contribution in [2.45, 2.75) is 26.7 Å². The van der Waals surface area contributed by atoms with Gasteiger partial charge in [0.25, 0.3) is 11.5 Å². The van der Waals surface area contributed by atoms with E-state index in [1.807, 2.05) is 43.3 Å². The number of amides is 1. The van der Waals surface area contributed by atoms with Crippen LogP contribution in [0.4, 0.5) is 0 Å². The highest BCUT2D eigenvalue weighted by molar-refractivity contribution is 9.10. The van der Waals surface area contributed by atoms with Crippen molar-refractivity contribution in [3.63, 3.8) is 0 Å². The monoisotopic (exact) mass is 455 g/mol. The molecule has 0 atom stereocenters. The molecule has 1 aromatic heterocycles. The summed E-state index contributed by atoms with van der Waals surface area (Å²) in [6.07, 6.45) is 1.33. The van der Waals surface area contributed by atoms with Crippen LogP contribution in [0.1, 0.15) is 36.5 Å². The van der Waals surface area contributed by atoms with Crippen molar-refractivity contribution < 1.29 is 9.53 Å². The number of fused-ring (bicyclic) bond motifs is 1. The second-order valence-corrected chi connectivity index (χ2v) is 7.87. The third-order valence-electron chi connectivity index (χ3n) is 4.45. The number of ether oxygens (including phenoxy) is 1. The van der Waals surface area contributed by atoms with Crippen LogP contribution < -0.4 is 15.7 Å². The summed E-state index contributed by atoms with van der Waals surface area (Å²) in [6, 6.07) is 13.1. The van der Waals surface area contributed by atoms with E-state index in [-0.39, 0.29) is 18.1 Å². The van der Waals surface area contributed by atoms with Gasteiger partial charge in [-0.3, -0.25) is 9.59 Å². The van der Waals surface area contributed by atoms with Gasteiger partial charge in [0, 0.05) is 9.99 Å². The highest BCUT2D eigenvalue weighted by Gasteiger charge is 2.12. The number of aromatic nitrogens is 1. The van der Waals surface area contributed by atoms with Crippen molar-refractivity contribution in [1.29, 1.82) is 0 Å². The second kappa shape index (κ2) is 9.05. The SMILES string of the molecule is Cc1cc(OCC(=O)N/N=C/c2cc3ccccc3[nH]c2=O)c(C(C)C)cc1Br. The molecule has 2 aromatic carbocycles. The minimum absolute atomic E-state index is 0.174. The molecule has 7 heteroatoms. The van der Waals surface area contributed by atoms with E-state index in [4.69, 9.17) is 4.74 Å². The molecule has 0 aliphatic heterocycles. The van der Waals surface area contributed by atoms with Gasteiger partial charge in [0.15, 0.2) is 6.61 Å². The van der Waals surface area contributed by atoms with Crippen molar-refractivity contribution in [2.75, 3.05) is 6.61 Å². The van der Waals surface area contributed by atoms with Gasteiger partial charge in [0.2, 0.25) is 0 Å². The molecular formula is C22H22BrN3O3. The van der Waals surface area contributed by atoms with E-state index in [0.717, 1.165) is 26.5 Å². The van der Waals surface area contributed by atoms with Crippen molar-refractivity contribution in [3.8, 4) is 5.75 Å². The van der Waals surface area contributed by atoms with Crippen molar-refractivity contribution in [2.24, 2.45) is 5.10 Å². The molecule has 6 nitrogen and oxygen atoms in total. The smallest absolute Gasteiger partial charge is 0.277 e. The van der Waals surface area contributed by atoms with Crippen molar-refractivity contribution in [3.05, 3.63) is 74.0 Å². The van der Waals surface area contributed by atoms with Crippen LogP contribution in [-0.4, -0.2) is 23.7 Å². The molecule has 0 saturated carbocycles. The molecule has 3 aromatic rings. The molecule has 0 unspecified atom stereocenters. The van der Waals surface area contributed by atoms with Gasteiger partial charge in [-0.15, -0.1) is 0 Å². The van der Waals surface area contributed by atoms with Gasteiger partial charge in [-0.25, -0.2) is 5.43 Å². The molecule has 3 rings (SSSR count). The average molecular weight is 456 g/mol. The number of pyridine rings is 1. The zero-order chi connectivity index (χ0) is 21.0. The summed E-state index contributed by atoms with van der Waals surface area (Å²) >= 11 is 3.52. The van der Waals surface area contributed by atoms with Gasteiger partial charge in [0.05, 0.1) is 11.8 Å². The van der Waals surface area contributed by atoms with E-state index in [2.05, 4.69) is 45.3 Å². The number of carbonyl (C=O) groups is 1. The number of carbonyl (C=O) groups excluding carboxylic acids is 1. The van der Waals surface area contributed by atoms with Crippen LogP contribution in [0.5, 0.6) is 5.75 Å². The van der Waals surface area contributed by atoms with Gasteiger partial charge >= 0.3 is 0 Å². The quantitative estimate of drug-likeness (QED) is 0.430. The predicted octanol–water partition coefficient (Wildman–Crippen LogP) is 4.25. The zero-order valence-electron chi connectivity index (χ0n) is 16.5. The summed E-state index contributed by atoms with van der Waals surface area (Å²) in [4.78, 5) is 27.0. The van der Waals surface area contributed by atoms with E-state index in [1.54, 1.807) is 6.07 Å². The molecule has 0 fully saturated rings. The summed E-state index contributed by atoms with van der Waals surface area (Å²) < 4.78 is 6.71. The van der Waals surface area contributed by atoms with E-state index in [0.29, 0.717) is 11.3 Å². The van der Waals surface area contributed by atoms with E-state index in [9.17, 15) is 9.59 Å². The maximum absolute atomic E-state index is 12.1. The Morgan fingerprint density at radius 3 is 2.79 bits per heavy atom. The van der Waals surface area contributed by atoms with E-state index < -0.39 is 5.91 Å². The number of hydrazone groups is 1. The third-order valence-corrected chi connectivity index (χ3v) is 5.30. The molecule has 0 aliphatic rings. The first-order valence-electron chi connectivity index (χ1n) is 9.22. The van der Waals surface area contributed by atoms with Crippen LogP contribution >= 0.6 is 15.9 Å². The fraction of sp³-hybridized carbons (Fsp3) is 0.227. The number of aromatic amines is 1. The number of nitrogens with zero attached hydrogens (tertiary/aromatic N) is 1. The van der Waals surface area contributed by atoms with Gasteiger partial charge < -0.3 is 9.72 Å². The van der Waals surface area contributed by atoms with Crippen LogP contribution in [0.25, 0.3) is 10.9 Å². The Kier molecular flexibility index (Phi) is 6.49. The number of rotatable bonds is 6. The first kappa shape index (κ1) is 20.8. The second-order valence-electron chi connectivity index (χ2n) is 7.02. The zero-order valence-corrected chi connectivity index (χ0v) is 18.0. The number of para-hydroxylation sites is 1. The number of hydrogen-bond acceptors (Lipinski definition) is 4. The van der Waals surface area contributed by atoms with Gasteiger partial charge in [-0.2, -0.15) is 5.10 Å². The Labute approximate surface area is 177 Å². The maximum atomic E-state index is 12.1. The lowest BCUT2D eigenvalue weighted by atomic mass is 10.0. The fourth-order valence-corrected chi connectivity index (χ4v) is 3.22. The molecule has 29 heavy (non-hydrogen) atoms. The van der Waals surface area contributed by atoms with Crippen LogP contribution in [-0.2, 0) is 4.79 Å². The minimum atomic E-state index is -0.409. The molecule has 1 heterocycles. The molecule has 0 spiro atoms. The molecule has 0 bridgehead atoms. The largest absolute Gasteiger partial charge is 0.483 e. The lowest BCUT2D eigenvalue weighted by Crippen LogP contribution is -2.25. The summed E-state index contributed by atoms with van der Waals surface area (Å²) in [7, 11) is 0. The molecule has 150 valence electrons. The minimum Gasteiger partial charge on any atom is -0.483 e. The summed E-state index contributed by atoms with van der Waals surface area (Å²) in [5.41, 5.74) is 5.27. The van der Waals surface area contributed by atoms with Crippen LogP contribution in [0.3, 0.4) is 0 Å². The van der Waals surface area contributed by atoms with Crippen molar-refractivity contribution >= 4 is 39.0 Å². The average Bonchev–Trinajstić information content (AvgIpc) is 2.68. The predicted molar refractivity (Wildman–Crippen MR) is 119 cm³/mol. The van der Waals surface area contributed by atoms with Crippen LogP contribution in [0, 0.1) is 6.92 Å². The number of nitrogens with one attached hydrogen (secondary N) is 2. The Bertz CT molecular complexity index is 1140. The number of H-pyrrole nitrogens is 1. The van der Waals surface area contributed by atoms with Crippen LogP contribution in [0.15, 0.2) is 56.8 Å². The van der Waals surface area contributed by atoms with Crippen molar-refractivity contribution in [1.82, 2.24) is 10.4 Å². The lowest BCUT2D eigenvalue weighted by Gasteiger charge is -2.15. The van der Waals surface area contributed by atoms with Gasteiger partial charge in [0.1, 0.15) is 5.75 Å². The lowest BCUT2D eigenvalue weighted by molar-refractivity contribution is -0.123. The molecule has 0 radical (unpaired) electrons. The molecule has 0 saturated heterocycles. The molecule has 1 amide bonds. The third kappa shape index (κ3) is 5.12. The topological polar surface area (TPSA) is 83.5 Å². The molecule has 2 N–H and O–H groups in total. The Balaban J connectivity index is 1.64. The number of aryl methyl sites for hydroxylation is 1. The number of halogens is 1. The molecular weight excluding hydrogens is 434 g/mol. The maximum Gasteiger partial charge on any atom is 0.277 e. The summed E-state index contributed by atoms with van der Waals surface area (Å²) in [5.74, 6) is 0.516. The fourth-order valence-electron chi connectivity index (χ4n) is 2.86. The first-order valence-corrected chi connectivity index (χ1v) is 10.0. The molecule has 0 aliphatic carbocycles. The summed E-state index contributed by atoms with van der Waals surface area (Å²) in [6.45, 7) is 5.92. The Morgan fingerprint density at radius 1 is 1.28 bits per heavy atom. The Hall–Kier alpha value is -2.93. The standard InChI is InChI=1S/C22H22BrN3O3/c1-13(2)17-10-18(23)14(3)8-20(17)29-12-21(27)26-24-11-16-9-15-6-4-5-7-19(15)25-22(16)28/h4-11,13H,12H2,1-3H3,(H,25,28)(H,26,27)/b24-11+. The van der Waals surface area contributed by atoms with E-state index >= 15 is 0 Å². The normalized spacial score (nSPS) is 11.3. The Morgan fingerprint density at radius 2 is 2.03 bits per heavy atom. The number of benzene rings is 2. The van der Waals surface area contributed by atoms with Crippen LogP contribution in [0.2, 0.25) is 0 Å². The van der Waals surface area contributed by atoms with E-state index in [1.165, 1.54) is 6.21 Å². The first-order chi connectivity index (χ1) is 13.8. The highest BCUT2D eigenvalue weighted by Crippen LogP contribution is 2.32.